The summed E-state index contributed by atoms with van der Waals surface area (Å²) in [5.41, 5.74) is 1.86. The van der Waals surface area contributed by atoms with Crippen LogP contribution >= 0.6 is 27.5 Å². The van der Waals surface area contributed by atoms with Crippen LogP contribution in [0, 0.1) is 5.82 Å². The van der Waals surface area contributed by atoms with E-state index in [0.717, 1.165) is 5.56 Å². The molecule has 0 bridgehead atoms. The van der Waals surface area contributed by atoms with Gasteiger partial charge in [-0.05, 0) is 23.8 Å². The molecule has 0 aliphatic heterocycles. The highest BCUT2D eigenvalue weighted by molar-refractivity contribution is 9.08. The Labute approximate surface area is 106 Å². The standard InChI is InChI=1S/C12H8BrClFN/c13-6-8-5-10(14)12(16-7-8)9-3-1-2-4-11(9)15/h1-5,7H,6H2. The third kappa shape index (κ3) is 2.25. The highest BCUT2D eigenvalue weighted by Crippen LogP contribution is 2.28. The number of halogens is 3. The molecule has 4 heteroatoms. The molecule has 0 amide bonds. The maximum absolute atomic E-state index is 13.5. The van der Waals surface area contributed by atoms with Crippen LogP contribution in [0.5, 0.6) is 0 Å². The van der Waals surface area contributed by atoms with Gasteiger partial charge >= 0.3 is 0 Å². The molecule has 1 heterocycles. The number of rotatable bonds is 2. The first-order valence-electron chi connectivity index (χ1n) is 4.67. The summed E-state index contributed by atoms with van der Waals surface area (Å²) in [6, 6.07) is 8.24. The number of aromatic nitrogens is 1. The Hall–Kier alpha value is -0.930. The molecular formula is C12H8BrClFN. The van der Waals surface area contributed by atoms with Gasteiger partial charge in [0.1, 0.15) is 5.82 Å². The van der Waals surface area contributed by atoms with E-state index >= 15 is 0 Å². The number of pyridine rings is 1. The normalized spacial score (nSPS) is 10.4. The van der Waals surface area contributed by atoms with Gasteiger partial charge in [0.15, 0.2) is 0 Å². The zero-order chi connectivity index (χ0) is 11.5. The average molecular weight is 301 g/mol. The van der Waals surface area contributed by atoms with E-state index in [0.29, 0.717) is 21.6 Å². The van der Waals surface area contributed by atoms with Crippen LogP contribution in [0.25, 0.3) is 11.3 Å². The molecule has 0 radical (unpaired) electrons. The molecule has 1 aromatic heterocycles. The fraction of sp³-hybridized carbons (Fsp3) is 0.0833. The van der Waals surface area contributed by atoms with Crippen molar-refractivity contribution in [3.63, 3.8) is 0 Å². The van der Waals surface area contributed by atoms with Gasteiger partial charge in [-0.3, -0.25) is 4.98 Å². The van der Waals surface area contributed by atoms with Crippen molar-refractivity contribution >= 4 is 27.5 Å². The summed E-state index contributed by atoms with van der Waals surface area (Å²) in [5, 5.41) is 1.14. The summed E-state index contributed by atoms with van der Waals surface area (Å²) in [5.74, 6) is -0.316. The molecular weight excluding hydrogens is 292 g/mol. The third-order valence-electron chi connectivity index (χ3n) is 2.18. The fourth-order valence-corrected chi connectivity index (χ4v) is 2.00. The third-order valence-corrected chi connectivity index (χ3v) is 3.12. The second kappa shape index (κ2) is 4.93. The summed E-state index contributed by atoms with van der Waals surface area (Å²) in [6.07, 6.45) is 1.68. The molecule has 1 aromatic carbocycles. The van der Waals surface area contributed by atoms with Crippen LogP contribution in [0.1, 0.15) is 5.56 Å². The van der Waals surface area contributed by atoms with Crippen molar-refractivity contribution in [1.82, 2.24) is 4.98 Å². The minimum atomic E-state index is -0.316. The predicted molar refractivity (Wildman–Crippen MR) is 67.3 cm³/mol. The van der Waals surface area contributed by atoms with Gasteiger partial charge in [0.05, 0.1) is 10.7 Å². The lowest BCUT2D eigenvalue weighted by Crippen LogP contribution is -1.90. The van der Waals surface area contributed by atoms with Gasteiger partial charge < -0.3 is 0 Å². The van der Waals surface area contributed by atoms with Gasteiger partial charge in [0.25, 0.3) is 0 Å². The minimum absolute atomic E-state index is 0.316. The highest BCUT2D eigenvalue weighted by Gasteiger charge is 2.09. The van der Waals surface area contributed by atoms with Gasteiger partial charge in [-0.1, -0.05) is 39.7 Å². The number of benzene rings is 1. The monoisotopic (exact) mass is 299 g/mol. The molecule has 16 heavy (non-hydrogen) atoms. The van der Waals surface area contributed by atoms with Crippen molar-refractivity contribution in [2.45, 2.75) is 5.33 Å². The first kappa shape index (κ1) is 11.6. The molecule has 0 atom stereocenters. The lowest BCUT2D eigenvalue weighted by atomic mass is 10.1. The second-order valence-electron chi connectivity index (χ2n) is 3.29. The van der Waals surface area contributed by atoms with E-state index in [1.165, 1.54) is 6.07 Å². The number of alkyl halides is 1. The molecule has 2 aromatic rings. The summed E-state index contributed by atoms with van der Waals surface area (Å²) in [6.45, 7) is 0. The zero-order valence-electron chi connectivity index (χ0n) is 8.25. The molecule has 1 nitrogen and oxygen atoms in total. The lowest BCUT2D eigenvalue weighted by Gasteiger charge is -2.05. The van der Waals surface area contributed by atoms with E-state index in [-0.39, 0.29) is 5.82 Å². The number of nitrogens with zero attached hydrogens (tertiary/aromatic N) is 1. The number of hydrogen-bond donors (Lipinski definition) is 0. The highest BCUT2D eigenvalue weighted by atomic mass is 79.9. The second-order valence-corrected chi connectivity index (χ2v) is 4.26. The maximum Gasteiger partial charge on any atom is 0.132 e. The van der Waals surface area contributed by atoms with Crippen molar-refractivity contribution in [1.29, 1.82) is 0 Å². The fourth-order valence-electron chi connectivity index (χ4n) is 1.40. The van der Waals surface area contributed by atoms with E-state index < -0.39 is 0 Å². The predicted octanol–water partition coefficient (Wildman–Crippen LogP) is 4.44. The van der Waals surface area contributed by atoms with Crippen LogP contribution in [-0.2, 0) is 5.33 Å². The van der Waals surface area contributed by atoms with Crippen LogP contribution < -0.4 is 0 Å². The molecule has 0 saturated carbocycles. The Morgan fingerprint density at radius 2 is 2.06 bits per heavy atom. The van der Waals surface area contributed by atoms with Crippen LogP contribution in [-0.4, -0.2) is 4.98 Å². The quantitative estimate of drug-likeness (QED) is 0.747. The molecule has 2 rings (SSSR count). The van der Waals surface area contributed by atoms with Crippen molar-refractivity contribution in [2.24, 2.45) is 0 Å². The average Bonchev–Trinajstić information content (AvgIpc) is 2.30. The molecule has 0 unspecified atom stereocenters. The first-order chi connectivity index (χ1) is 7.72. The Morgan fingerprint density at radius 1 is 1.31 bits per heavy atom. The van der Waals surface area contributed by atoms with E-state index in [4.69, 9.17) is 11.6 Å². The van der Waals surface area contributed by atoms with Crippen molar-refractivity contribution in [3.05, 3.63) is 52.9 Å². The summed E-state index contributed by atoms with van der Waals surface area (Å²) in [4.78, 5) is 4.18. The summed E-state index contributed by atoms with van der Waals surface area (Å²) < 4.78 is 13.5. The molecule has 0 spiro atoms. The van der Waals surface area contributed by atoms with Crippen LogP contribution in [0.15, 0.2) is 36.5 Å². The largest absolute Gasteiger partial charge is 0.254 e. The zero-order valence-corrected chi connectivity index (χ0v) is 10.6. The first-order valence-corrected chi connectivity index (χ1v) is 6.17. The number of hydrogen-bond acceptors (Lipinski definition) is 1. The van der Waals surface area contributed by atoms with Crippen LogP contribution in [0.3, 0.4) is 0 Å². The van der Waals surface area contributed by atoms with Gasteiger partial charge in [0, 0.05) is 17.1 Å². The lowest BCUT2D eigenvalue weighted by molar-refractivity contribution is 0.630. The van der Waals surface area contributed by atoms with E-state index in [1.807, 2.05) is 0 Å². The van der Waals surface area contributed by atoms with Crippen molar-refractivity contribution in [2.75, 3.05) is 0 Å². The minimum Gasteiger partial charge on any atom is -0.254 e. The van der Waals surface area contributed by atoms with Gasteiger partial charge in [-0.15, -0.1) is 0 Å². The topological polar surface area (TPSA) is 12.9 Å². The van der Waals surface area contributed by atoms with Gasteiger partial charge in [0.2, 0.25) is 0 Å². The summed E-state index contributed by atoms with van der Waals surface area (Å²) in [7, 11) is 0. The van der Waals surface area contributed by atoms with E-state index in [2.05, 4.69) is 20.9 Å². The van der Waals surface area contributed by atoms with Gasteiger partial charge in [-0.2, -0.15) is 0 Å². The molecule has 0 aliphatic carbocycles. The Kier molecular flexibility index (Phi) is 3.56. The molecule has 0 fully saturated rings. The molecule has 0 saturated heterocycles. The van der Waals surface area contributed by atoms with Crippen LogP contribution in [0.4, 0.5) is 4.39 Å². The van der Waals surface area contributed by atoms with E-state index in [9.17, 15) is 4.39 Å². The maximum atomic E-state index is 13.5. The summed E-state index contributed by atoms with van der Waals surface area (Å²) >= 11 is 9.38. The Bertz CT molecular complexity index is 516. The molecule has 82 valence electrons. The van der Waals surface area contributed by atoms with Gasteiger partial charge in [-0.25, -0.2) is 4.39 Å². The van der Waals surface area contributed by atoms with Crippen molar-refractivity contribution < 1.29 is 4.39 Å². The smallest absolute Gasteiger partial charge is 0.132 e. The molecule has 0 N–H and O–H groups in total. The van der Waals surface area contributed by atoms with E-state index in [1.54, 1.807) is 30.5 Å². The van der Waals surface area contributed by atoms with Crippen molar-refractivity contribution in [3.8, 4) is 11.3 Å². The Balaban J connectivity index is 2.53. The Morgan fingerprint density at radius 3 is 2.69 bits per heavy atom. The molecule has 0 aliphatic rings. The SMILES string of the molecule is Fc1ccccc1-c1ncc(CBr)cc1Cl. The van der Waals surface area contributed by atoms with Crippen LogP contribution in [0.2, 0.25) is 5.02 Å².